The molecule has 0 atom stereocenters. The molecule has 1 aromatic carbocycles. The van der Waals surface area contributed by atoms with Crippen LogP contribution in [0, 0.1) is 0 Å². The van der Waals surface area contributed by atoms with Gasteiger partial charge >= 0.3 is 0 Å². The summed E-state index contributed by atoms with van der Waals surface area (Å²) >= 11 is 1.37. The molecule has 2 heterocycles. The fourth-order valence-corrected chi connectivity index (χ4v) is 4.75. The van der Waals surface area contributed by atoms with Gasteiger partial charge in [0.1, 0.15) is 5.01 Å². The monoisotopic (exact) mass is 360 g/mol. The van der Waals surface area contributed by atoms with Crippen molar-refractivity contribution in [2.24, 2.45) is 0 Å². The van der Waals surface area contributed by atoms with Crippen LogP contribution in [0.1, 0.15) is 19.0 Å². The Labute approximate surface area is 144 Å². The van der Waals surface area contributed by atoms with Crippen LogP contribution in [0.15, 0.2) is 47.3 Å². The lowest BCUT2D eigenvalue weighted by molar-refractivity contribution is 0.593. The molecule has 5 nitrogen and oxygen atoms in total. The van der Waals surface area contributed by atoms with Crippen LogP contribution in [0.25, 0.3) is 20.8 Å². The molecule has 7 heteroatoms. The zero-order valence-corrected chi connectivity index (χ0v) is 14.7. The Kier molecular flexibility index (Phi) is 4.73. The number of nitrogens with zero attached hydrogens (tertiary/aromatic N) is 2. The third kappa shape index (κ3) is 3.68. The number of hydrogen-bond donors (Lipinski definition) is 0. The molecule has 0 bridgehead atoms. The third-order valence-electron chi connectivity index (χ3n) is 3.44. The Bertz CT molecular complexity index is 1040. The predicted molar refractivity (Wildman–Crippen MR) is 96.9 cm³/mol. The van der Waals surface area contributed by atoms with Gasteiger partial charge in [-0.2, -0.15) is 4.98 Å². The van der Waals surface area contributed by atoms with E-state index in [1.54, 1.807) is 30.3 Å². The van der Waals surface area contributed by atoms with Crippen LogP contribution in [0.3, 0.4) is 0 Å². The topological polar surface area (TPSA) is 77.0 Å². The molecule has 3 aromatic rings. The van der Waals surface area contributed by atoms with Crippen molar-refractivity contribution in [3.05, 3.63) is 58.5 Å². The van der Waals surface area contributed by atoms with E-state index in [4.69, 9.17) is 0 Å². The first kappa shape index (κ1) is 16.7. The van der Waals surface area contributed by atoms with Gasteiger partial charge < -0.3 is 0 Å². The van der Waals surface area contributed by atoms with Crippen LogP contribution in [0.4, 0.5) is 0 Å². The maximum Gasteiger partial charge on any atom is 0.279 e. The Morgan fingerprint density at radius 1 is 1.04 bits per heavy atom. The summed E-state index contributed by atoms with van der Waals surface area (Å²) in [5.41, 5.74) is 0.688. The highest BCUT2D eigenvalue weighted by molar-refractivity contribution is 7.90. The van der Waals surface area contributed by atoms with E-state index >= 15 is 0 Å². The van der Waals surface area contributed by atoms with Gasteiger partial charge in [-0.05, 0) is 30.7 Å². The molecule has 0 aliphatic carbocycles. The lowest BCUT2D eigenvalue weighted by Crippen LogP contribution is -2.10. The number of pyridine rings is 1. The molecular weight excluding hydrogens is 344 g/mol. The summed E-state index contributed by atoms with van der Waals surface area (Å²) < 4.78 is 24.8. The van der Waals surface area contributed by atoms with Crippen LogP contribution in [0.2, 0.25) is 0 Å². The Hall–Kier alpha value is -2.12. The van der Waals surface area contributed by atoms with Gasteiger partial charge in [-0.1, -0.05) is 25.1 Å². The molecule has 2 aromatic heterocycles. The van der Waals surface area contributed by atoms with Gasteiger partial charge in [0.2, 0.25) is 0 Å². The summed E-state index contributed by atoms with van der Waals surface area (Å²) in [6.45, 7) is 1.83. The van der Waals surface area contributed by atoms with Gasteiger partial charge in [0.15, 0.2) is 9.84 Å². The predicted octanol–water partition coefficient (Wildman–Crippen LogP) is 3.04. The van der Waals surface area contributed by atoms with Crippen molar-refractivity contribution in [2.45, 2.75) is 19.1 Å². The summed E-state index contributed by atoms with van der Waals surface area (Å²) in [6.07, 6.45) is 0.579. The van der Waals surface area contributed by atoms with Gasteiger partial charge in [0.05, 0.1) is 28.3 Å². The second-order valence-electron chi connectivity index (χ2n) is 5.43. The smallest absolute Gasteiger partial charge is 0.267 e. The number of fused-ring (bicyclic) bond motifs is 1. The van der Waals surface area contributed by atoms with Gasteiger partial charge in [0.25, 0.3) is 5.56 Å². The van der Waals surface area contributed by atoms with E-state index in [0.717, 1.165) is 4.70 Å². The number of aromatic nitrogens is 2. The van der Waals surface area contributed by atoms with Gasteiger partial charge in [0, 0.05) is 4.70 Å². The minimum atomic E-state index is -3.17. The number of sulfone groups is 1. The van der Waals surface area contributed by atoms with Crippen molar-refractivity contribution in [1.82, 2.24) is 9.97 Å². The summed E-state index contributed by atoms with van der Waals surface area (Å²) in [7, 11) is -3.17. The molecule has 3 rings (SSSR count). The molecular formula is C17H16N2O3S2. The van der Waals surface area contributed by atoms with E-state index in [-0.39, 0.29) is 17.1 Å². The maximum absolute atomic E-state index is 12.1. The molecule has 0 aliphatic rings. The summed E-state index contributed by atoms with van der Waals surface area (Å²) in [5, 5.41) is 1.07. The molecule has 0 saturated carbocycles. The highest BCUT2D eigenvalue weighted by Crippen LogP contribution is 2.24. The Morgan fingerprint density at radius 3 is 2.62 bits per heavy atom. The maximum atomic E-state index is 12.1. The van der Waals surface area contributed by atoms with E-state index in [0.29, 0.717) is 28.2 Å². The molecule has 0 radical (unpaired) electrons. The van der Waals surface area contributed by atoms with E-state index in [1.807, 2.05) is 19.1 Å². The standard InChI is InChI=1S/C17H16N2O3S2/c1-2-10-24(21,22)11-12-6-5-8-14(18-12)17-19-16(20)13-7-3-4-9-15(13)23-17/h3-9H,2,10-11H2,1H3. The van der Waals surface area contributed by atoms with Crippen molar-refractivity contribution < 1.29 is 8.42 Å². The van der Waals surface area contributed by atoms with Crippen LogP contribution < -0.4 is 5.56 Å². The van der Waals surface area contributed by atoms with E-state index < -0.39 is 9.84 Å². The van der Waals surface area contributed by atoms with Crippen LogP contribution in [0.5, 0.6) is 0 Å². The van der Waals surface area contributed by atoms with E-state index in [1.165, 1.54) is 11.3 Å². The largest absolute Gasteiger partial charge is 0.279 e. The second-order valence-corrected chi connectivity index (χ2v) is 8.64. The fraction of sp³-hybridized carbons (Fsp3) is 0.235. The summed E-state index contributed by atoms with van der Waals surface area (Å²) in [4.78, 5) is 20.6. The molecule has 0 fully saturated rings. The first-order chi connectivity index (χ1) is 11.5. The van der Waals surface area contributed by atoms with Crippen molar-refractivity contribution in [2.75, 3.05) is 5.75 Å². The zero-order valence-electron chi connectivity index (χ0n) is 13.1. The average molecular weight is 360 g/mol. The third-order valence-corrected chi connectivity index (χ3v) is 6.27. The molecule has 0 amide bonds. The van der Waals surface area contributed by atoms with Crippen LogP contribution in [-0.2, 0) is 15.6 Å². The molecule has 0 N–H and O–H groups in total. The first-order valence-electron chi connectivity index (χ1n) is 7.55. The lowest BCUT2D eigenvalue weighted by Gasteiger charge is -2.05. The SMILES string of the molecule is CCCS(=O)(=O)Cc1cccc(-c2nc(=O)c3ccccc3s2)n1. The van der Waals surface area contributed by atoms with E-state index in [2.05, 4.69) is 9.97 Å². The molecule has 0 saturated heterocycles. The lowest BCUT2D eigenvalue weighted by atomic mass is 10.3. The molecule has 0 unspecified atom stereocenters. The van der Waals surface area contributed by atoms with Crippen molar-refractivity contribution >= 4 is 31.3 Å². The second kappa shape index (κ2) is 6.78. The zero-order chi connectivity index (χ0) is 17.2. The number of benzene rings is 1. The van der Waals surface area contributed by atoms with Gasteiger partial charge in [-0.25, -0.2) is 13.4 Å². The quantitative estimate of drug-likeness (QED) is 0.699. The highest BCUT2D eigenvalue weighted by atomic mass is 32.2. The van der Waals surface area contributed by atoms with Gasteiger partial charge in [-0.15, -0.1) is 11.3 Å². The van der Waals surface area contributed by atoms with Crippen LogP contribution >= 0.6 is 11.3 Å². The van der Waals surface area contributed by atoms with E-state index in [9.17, 15) is 13.2 Å². The fourth-order valence-electron chi connectivity index (χ4n) is 2.41. The average Bonchev–Trinajstić information content (AvgIpc) is 2.54. The van der Waals surface area contributed by atoms with Crippen molar-refractivity contribution in [3.8, 4) is 10.7 Å². The summed E-state index contributed by atoms with van der Waals surface area (Å²) in [6, 6.07) is 12.4. The molecule has 0 spiro atoms. The normalized spacial score (nSPS) is 11.7. The minimum absolute atomic E-state index is 0.100. The Balaban J connectivity index is 2.02. The van der Waals surface area contributed by atoms with Crippen molar-refractivity contribution in [1.29, 1.82) is 0 Å². The van der Waals surface area contributed by atoms with Crippen LogP contribution in [-0.4, -0.2) is 24.1 Å². The van der Waals surface area contributed by atoms with Crippen molar-refractivity contribution in [3.63, 3.8) is 0 Å². The molecule has 24 heavy (non-hydrogen) atoms. The first-order valence-corrected chi connectivity index (χ1v) is 10.2. The molecule has 0 aliphatic heterocycles. The molecule has 124 valence electrons. The van der Waals surface area contributed by atoms with Gasteiger partial charge in [-0.3, -0.25) is 4.79 Å². The Morgan fingerprint density at radius 2 is 1.83 bits per heavy atom. The minimum Gasteiger partial charge on any atom is -0.267 e. The number of hydrogen-bond acceptors (Lipinski definition) is 6. The highest BCUT2D eigenvalue weighted by Gasteiger charge is 2.13. The summed E-state index contributed by atoms with van der Waals surface area (Å²) in [5.74, 6) is 0.0393. The number of rotatable bonds is 5.